The van der Waals surface area contributed by atoms with Crippen LogP contribution in [0.25, 0.3) is 11.4 Å². The minimum absolute atomic E-state index is 0.181. The van der Waals surface area contributed by atoms with Crippen LogP contribution in [0.15, 0.2) is 63.6 Å². The highest BCUT2D eigenvalue weighted by molar-refractivity contribution is 9.10. The zero-order chi connectivity index (χ0) is 19.2. The Hall–Kier alpha value is -2.06. The minimum atomic E-state index is 0.181. The first-order chi connectivity index (χ1) is 13.8. The van der Waals surface area contributed by atoms with Gasteiger partial charge in [0, 0.05) is 35.7 Å². The summed E-state index contributed by atoms with van der Waals surface area (Å²) in [5.74, 6) is 1.18. The third-order valence-corrected chi connectivity index (χ3v) is 5.29. The Kier molecular flexibility index (Phi) is 6.49. The van der Waals surface area contributed by atoms with Crippen LogP contribution in [0.5, 0.6) is 0 Å². The highest BCUT2D eigenvalue weighted by Crippen LogP contribution is 2.21. The van der Waals surface area contributed by atoms with Gasteiger partial charge in [0.15, 0.2) is 0 Å². The number of rotatable bonds is 7. The predicted octanol–water partition coefficient (Wildman–Crippen LogP) is 3.66. The Morgan fingerprint density at radius 1 is 1.07 bits per heavy atom. The van der Waals surface area contributed by atoms with Crippen LogP contribution in [0.2, 0.25) is 0 Å². The number of aromatic nitrogens is 2. The topological polar surface area (TPSA) is 63.4 Å². The van der Waals surface area contributed by atoms with Crippen molar-refractivity contribution in [2.24, 2.45) is 0 Å². The second kappa shape index (κ2) is 9.43. The maximum atomic E-state index is 5.47. The summed E-state index contributed by atoms with van der Waals surface area (Å²) in [5.41, 5.74) is 2.18. The summed E-state index contributed by atoms with van der Waals surface area (Å²) in [6.45, 7) is 4.93. The molecule has 146 valence electrons. The van der Waals surface area contributed by atoms with Crippen molar-refractivity contribution in [1.29, 1.82) is 0 Å². The number of nitrogens with one attached hydrogen (secondary N) is 1. The highest BCUT2D eigenvalue weighted by Gasteiger charge is 2.19. The molecule has 0 radical (unpaired) electrons. The fraction of sp³-hybridized carbons (Fsp3) is 0.333. The van der Waals surface area contributed by atoms with Crippen LogP contribution in [0.1, 0.15) is 17.5 Å². The summed E-state index contributed by atoms with van der Waals surface area (Å²) >= 11 is 3.48. The first-order valence-electron chi connectivity index (χ1n) is 9.45. The van der Waals surface area contributed by atoms with Gasteiger partial charge in [0.1, 0.15) is 0 Å². The maximum absolute atomic E-state index is 5.47. The van der Waals surface area contributed by atoms with Gasteiger partial charge in [-0.05, 0) is 17.7 Å². The monoisotopic (exact) mass is 442 g/mol. The lowest BCUT2D eigenvalue weighted by Crippen LogP contribution is -2.41. The molecule has 28 heavy (non-hydrogen) atoms. The van der Waals surface area contributed by atoms with Crippen molar-refractivity contribution in [1.82, 2.24) is 20.4 Å². The molecule has 7 heteroatoms. The van der Waals surface area contributed by atoms with Crippen molar-refractivity contribution < 1.29 is 9.26 Å². The molecular formula is C21H23BrN4O2. The van der Waals surface area contributed by atoms with Gasteiger partial charge in [-0.1, -0.05) is 63.6 Å². The smallest absolute Gasteiger partial charge is 0.240 e. The van der Waals surface area contributed by atoms with Gasteiger partial charge in [-0.15, -0.1) is 0 Å². The van der Waals surface area contributed by atoms with E-state index in [9.17, 15) is 0 Å². The fourth-order valence-electron chi connectivity index (χ4n) is 3.30. The summed E-state index contributed by atoms with van der Waals surface area (Å²) in [5, 5.41) is 7.71. The molecule has 1 fully saturated rings. The Balaban J connectivity index is 1.44. The number of ether oxygens (including phenoxy) is 1. The summed E-state index contributed by atoms with van der Waals surface area (Å²) in [6.07, 6.45) is 0. The van der Waals surface area contributed by atoms with Crippen molar-refractivity contribution in [2.75, 3.05) is 32.8 Å². The molecule has 0 spiro atoms. The van der Waals surface area contributed by atoms with E-state index >= 15 is 0 Å². The van der Waals surface area contributed by atoms with Crippen LogP contribution in [0.4, 0.5) is 0 Å². The first kappa shape index (κ1) is 19.3. The molecule has 1 aliphatic rings. The summed E-state index contributed by atoms with van der Waals surface area (Å²) in [7, 11) is 0. The second-order valence-corrected chi connectivity index (χ2v) is 7.69. The molecule has 6 nitrogen and oxygen atoms in total. The van der Waals surface area contributed by atoms with Gasteiger partial charge >= 0.3 is 0 Å². The number of hydrogen-bond donors (Lipinski definition) is 1. The summed E-state index contributed by atoms with van der Waals surface area (Å²) in [6, 6.07) is 18.5. The van der Waals surface area contributed by atoms with Crippen LogP contribution in [0.3, 0.4) is 0 Å². The molecule has 1 N–H and O–H groups in total. The van der Waals surface area contributed by atoms with E-state index in [1.54, 1.807) is 0 Å². The van der Waals surface area contributed by atoms with E-state index in [2.05, 4.69) is 60.6 Å². The van der Waals surface area contributed by atoms with Gasteiger partial charge in [-0.2, -0.15) is 4.98 Å². The lowest BCUT2D eigenvalue weighted by Gasteiger charge is -2.31. The van der Waals surface area contributed by atoms with E-state index < -0.39 is 0 Å². The van der Waals surface area contributed by atoms with Crippen LogP contribution in [-0.4, -0.2) is 47.9 Å². The minimum Gasteiger partial charge on any atom is -0.379 e. The zero-order valence-corrected chi connectivity index (χ0v) is 17.1. The standard InChI is InChI=1S/C21H23BrN4O2/c22-18-8-4-7-17(13-18)21-24-20(28-25-21)14-23-19(16-5-2-1-3-6-16)15-26-9-11-27-12-10-26/h1-8,13,19,23H,9-12,14-15H2. The first-order valence-corrected chi connectivity index (χ1v) is 10.2. The van der Waals surface area contributed by atoms with E-state index in [0.29, 0.717) is 18.3 Å². The lowest BCUT2D eigenvalue weighted by molar-refractivity contribution is 0.0332. The Labute approximate surface area is 173 Å². The van der Waals surface area contributed by atoms with Crippen molar-refractivity contribution in [2.45, 2.75) is 12.6 Å². The molecule has 2 heterocycles. The molecule has 1 aliphatic heterocycles. The number of halogens is 1. The van der Waals surface area contributed by atoms with Crippen molar-refractivity contribution in [3.05, 3.63) is 70.5 Å². The average molecular weight is 443 g/mol. The van der Waals surface area contributed by atoms with Crippen molar-refractivity contribution in [3.8, 4) is 11.4 Å². The third-order valence-electron chi connectivity index (χ3n) is 4.80. The predicted molar refractivity (Wildman–Crippen MR) is 111 cm³/mol. The number of benzene rings is 2. The molecule has 0 bridgehead atoms. The third kappa shape index (κ3) is 5.05. The van der Waals surface area contributed by atoms with Crippen molar-refractivity contribution >= 4 is 15.9 Å². The lowest BCUT2D eigenvalue weighted by atomic mass is 10.1. The molecule has 3 aromatic rings. The van der Waals surface area contributed by atoms with Gasteiger partial charge in [-0.25, -0.2) is 0 Å². The van der Waals surface area contributed by atoms with Crippen LogP contribution >= 0.6 is 15.9 Å². The molecule has 0 saturated carbocycles. The van der Waals surface area contributed by atoms with Gasteiger partial charge in [0.05, 0.1) is 19.8 Å². The number of nitrogens with zero attached hydrogens (tertiary/aromatic N) is 3. The van der Waals surface area contributed by atoms with Gasteiger partial charge in [-0.3, -0.25) is 4.90 Å². The molecule has 0 aliphatic carbocycles. The Morgan fingerprint density at radius 3 is 2.68 bits per heavy atom. The van der Waals surface area contributed by atoms with Gasteiger partial charge in [0.2, 0.25) is 11.7 Å². The second-order valence-electron chi connectivity index (χ2n) is 6.78. The molecular weight excluding hydrogens is 420 g/mol. The Bertz CT molecular complexity index is 881. The normalized spacial score (nSPS) is 16.2. The van der Waals surface area contributed by atoms with Gasteiger partial charge in [0.25, 0.3) is 0 Å². The average Bonchev–Trinajstić information content (AvgIpc) is 3.22. The SMILES string of the molecule is Brc1cccc(-c2noc(CNC(CN3CCOCC3)c3ccccc3)n2)c1. The summed E-state index contributed by atoms with van der Waals surface area (Å²) < 4.78 is 11.9. The van der Waals surface area contributed by atoms with E-state index in [-0.39, 0.29) is 6.04 Å². The van der Waals surface area contributed by atoms with Crippen LogP contribution in [-0.2, 0) is 11.3 Å². The van der Waals surface area contributed by atoms with E-state index in [0.717, 1.165) is 42.9 Å². The van der Waals surface area contributed by atoms with E-state index in [1.165, 1.54) is 5.56 Å². The molecule has 1 saturated heterocycles. The quantitative estimate of drug-likeness (QED) is 0.602. The molecule has 1 aromatic heterocycles. The number of morpholine rings is 1. The molecule has 1 unspecified atom stereocenters. The van der Waals surface area contributed by atoms with E-state index in [1.807, 2.05) is 30.3 Å². The van der Waals surface area contributed by atoms with E-state index in [4.69, 9.17) is 9.26 Å². The summed E-state index contributed by atoms with van der Waals surface area (Å²) in [4.78, 5) is 6.96. The van der Waals surface area contributed by atoms with Crippen LogP contribution < -0.4 is 5.32 Å². The molecule has 1 atom stereocenters. The number of hydrogen-bond acceptors (Lipinski definition) is 6. The molecule has 0 amide bonds. The Morgan fingerprint density at radius 2 is 1.89 bits per heavy atom. The van der Waals surface area contributed by atoms with Crippen LogP contribution in [0, 0.1) is 0 Å². The van der Waals surface area contributed by atoms with Crippen molar-refractivity contribution in [3.63, 3.8) is 0 Å². The van der Waals surface area contributed by atoms with Gasteiger partial charge < -0.3 is 14.6 Å². The maximum Gasteiger partial charge on any atom is 0.240 e. The molecule has 2 aromatic carbocycles. The largest absolute Gasteiger partial charge is 0.379 e. The highest BCUT2D eigenvalue weighted by atomic mass is 79.9. The fourth-order valence-corrected chi connectivity index (χ4v) is 3.70. The molecule has 4 rings (SSSR count). The zero-order valence-electron chi connectivity index (χ0n) is 15.6.